The number of nitrogens with one attached hydrogen (secondary N) is 1. The second-order valence-corrected chi connectivity index (χ2v) is 5.15. The first-order valence-electron chi connectivity index (χ1n) is 5.75. The molecule has 0 radical (unpaired) electrons. The van der Waals surface area contributed by atoms with E-state index in [1.807, 2.05) is 34.9 Å². The lowest BCUT2D eigenvalue weighted by Gasteiger charge is -1.98. The molecule has 1 N–H and O–H groups in total. The summed E-state index contributed by atoms with van der Waals surface area (Å²) < 4.78 is 3.97. The molecule has 6 nitrogen and oxygen atoms in total. The Kier molecular flexibility index (Phi) is 4.52. The van der Waals surface area contributed by atoms with Gasteiger partial charge < -0.3 is 0 Å². The van der Waals surface area contributed by atoms with E-state index in [2.05, 4.69) is 15.4 Å². The molecule has 0 aliphatic carbocycles. The first-order valence-corrected chi connectivity index (χ1v) is 6.74. The van der Waals surface area contributed by atoms with Crippen LogP contribution in [0.4, 0.5) is 0 Å². The van der Waals surface area contributed by atoms with Gasteiger partial charge in [-0.15, -0.1) is 0 Å². The largest absolute Gasteiger partial charge is 0.287 e. The van der Waals surface area contributed by atoms with Gasteiger partial charge in [-0.2, -0.15) is 15.4 Å². The Balaban J connectivity index is 1.63. The van der Waals surface area contributed by atoms with Gasteiger partial charge in [0.15, 0.2) is 5.12 Å². The lowest BCUT2D eigenvalue weighted by molar-refractivity contribution is -0.671. The molecule has 0 bridgehead atoms. The molecule has 18 heavy (non-hydrogen) atoms. The zero-order valence-corrected chi connectivity index (χ0v) is 11.1. The number of aromatic nitrogens is 5. The number of nitrogens with zero attached hydrogens (tertiary/aromatic N) is 4. The lowest BCUT2D eigenvalue weighted by atomic mass is 10.4. The molecule has 7 heteroatoms. The maximum Gasteiger partial charge on any atom is 0.243 e. The Hall–Kier alpha value is -1.63. The van der Waals surface area contributed by atoms with Gasteiger partial charge in [0.25, 0.3) is 0 Å². The van der Waals surface area contributed by atoms with E-state index in [4.69, 9.17) is 0 Å². The SMILES string of the molecule is C[n+]1ccn(CCC(=O)SCCc2cn[nH]n2)c1. The first-order chi connectivity index (χ1) is 8.74. The maximum absolute atomic E-state index is 11.7. The number of hydrogen-bond acceptors (Lipinski definition) is 4. The summed E-state index contributed by atoms with van der Waals surface area (Å²) in [6.45, 7) is 0.733. The van der Waals surface area contributed by atoms with Crippen LogP contribution in [0.2, 0.25) is 0 Å². The highest BCUT2D eigenvalue weighted by atomic mass is 32.2. The van der Waals surface area contributed by atoms with Crippen LogP contribution in [-0.2, 0) is 24.8 Å². The van der Waals surface area contributed by atoms with Crippen molar-refractivity contribution in [2.24, 2.45) is 7.05 Å². The minimum atomic E-state index is 0.217. The van der Waals surface area contributed by atoms with Crippen LogP contribution in [0.3, 0.4) is 0 Å². The minimum Gasteiger partial charge on any atom is -0.287 e. The third-order valence-corrected chi connectivity index (χ3v) is 3.42. The Bertz CT molecular complexity index is 493. The summed E-state index contributed by atoms with van der Waals surface area (Å²) in [7, 11) is 1.96. The molecule has 0 fully saturated rings. The van der Waals surface area contributed by atoms with Crippen LogP contribution in [0.1, 0.15) is 12.1 Å². The van der Waals surface area contributed by atoms with Gasteiger partial charge in [0.1, 0.15) is 12.4 Å². The molecule has 2 rings (SSSR count). The number of hydrogen-bond donors (Lipinski definition) is 1. The van der Waals surface area contributed by atoms with Crippen molar-refractivity contribution in [3.05, 3.63) is 30.6 Å². The number of carbonyl (C=O) groups excluding carboxylic acids is 1. The highest BCUT2D eigenvalue weighted by Crippen LogP contribution is 2.08. The molecule has 0 spiro atoms. The fourth-order valence-corrected chi connectivity index (χ4v) is 2.32. The Morgan fingerprint density at radius 2 is 2.50 bits per heavy atom. The Morgan fingerprint density at radius 3 is 3.17 bits per heavy atom. The molecule has 2 aromatic heterocycles. The molecule has 0 saturated carbocycles. The van der Waals surface area contributed by atoms with E-state index in [1.165, 1.54) is 11.8 Å². The maximum atomic E-state index is 11.7. The molecule has 96 valence electrons. The second-order valence-electron chi connectivity index (χ2n) is 4.00. The fraction of sp³-hybridized carbons (Fsp3) is 0.455. The summed E-state index contributed by atoms with van der Waals surface area (Å²) in [5.74, 6) is 0.755. The molecule has 2 aromatic rings. The predicted octanol–water partition coefficient (Wildman–Crippen LogP) is 0.323. The molecular formula is C11H16N5OS+. The molecular weight excluding hydrogens is 250 g/mol. The summed E-state index contributed by atoms with van der Waals surface area (Å²) in [5.41, 5.74) is 0.896. The smallest absolute Gasteiger partial charge is 0.243 e. The van der Waals surface area contributed by atoms with Gasteiger partial charge in [0.2, 0.25) is 6.33 Å². The van der Waals surface area contributed by atoms with Gasteiger partial charge in [-0.1, -0.05) is 11.8 Å². The number of aromatic amines is 1. The molecule has 0 amide bonds. The van der Waals surface area contributed by atoms with E-state index in [0.717, 1.165) is 24.4 Å². The van der Waals surface area contributed by atoms with E-state index in [0.29, 0.717) is 6.42 Å². The zero-order valence-electron chi connectivity index (χ0n) is 10.2. The average molecular weight is 266 g/mol. The molecule has 0 aliphatic heterocycles. The van der Waals surface area contributed by atoms with Crippen LogP contribution in [0.15, 0.2) is 24.9 Å². The summed E-state index contributed by atoms with van der Waals surface area (Å²) in [4.78, 5) is 11.7. The van der Waals surface area contributed by atoms with E-state index in [1.54, 1.807) is 6.20 Å². The number of imidazole rings is 1. The van der Waals surface area contributed by atoms with Crippen molar-refractivity contribution in [1.82, 2.24) is 20.0 Å². The van der Waals surface area contributed by atoms with Gasteiger partial charge in [0.05, 0.1) is 31.9 Å². The van der Waals surface area contributed by atoms with Gasteiger partial charge in [-0.05, 0) is 0 Å². The van der Waals surface area contributed by atoms with Crippen LogP contribution in [-0.4, -0.2) is 30.8 Å². The van der Waals surface area contributed by atoms with Crippen molar-refractivity contribution in [3.63, 3.8) is 0 Å². The third-order valence-electron chi connectivity index (χ3n) is 2.48. The lowest BCUT2D eigenvalue weighted by Crippen LogP contribution is -2.23. The predicted molar refractivity (Wildman–Crippen MR) is 67.8 cm³/mol. The molecule has 0 aliphatic rings. The van der Waals surface area contributed by atoms with E-state index in [9.17, 15) is 4.79 Å². The summed E-state index contributed by atoms with van der Waals surface area (Å²) in [6.07, 6.45) is 8.90. The van der Waals surface area contributed by atoms with E-state index in [-0.39, 0.29) is 5.12 Å². The monoisotopic (exact) mass is 266 g/mol. The number of rotatable bonds is 6. The molecule has 0 aromatic carbocycles. The quantitative estimate of drug-likeness (QED) is 0.765. The van der Waals surface area contributed by atoms with Gasteiger partial charge in [-0.25, -0.2) is 9.13 Å². The van der Waals surface area contributed by atoms with Crippen molar-refractivity contribution in [3.8, 4) is 0 Å². The van der Waals surface area contributed by atoms with Crippen molar-refractivity contribution in [1.29, 1.82) is 0 Å². The number of thioether (sulfide) groups is 1. The Labute approximate surface area is 109 Å². The number of H-pyrrole nitrogens is 1. The highest BCUT2D eigenvalue weighted by molar-refractivity contribution is 8.13. The normalized spacial score (nSPS) is 10.7. The van der Waals surface area contributed by atoms with Gasteiger partial charge in [0, 0.05) is 12.2 Å². The summed E-state index contributed by atoms with van der Waals surface area (Å²) >= 11 is 1.36. The van der Waals surface area contributed by atoms with Crippen molar-refractivity contribution < 1.29 is 9.36 Å². The van der Waals surface area contributed by atoms with Crippen molar-refractivity contribution >= 4 is 16.9 Å². The summed E-state index contributed by atoms with van der Waals surface area (Å²) in [5, 5.41) is 10.4. The van der Waals surface area contributed by atoms with Crippen molar-refractivity contribution in [2.45, 2.75) is 19.4 Å². The summed E-state index contributed by atoms with van der Waals surface area (Å²) in [6, 6.07) is 0. The van der Waals surface area contributed by atoms with E-state index >= 15 is 0 Å². The molecule has 0 unspecified atom stereocenters. The van der Waals surface area contributed by atoms with Crippen LogP contribution in [0.5, 0.6) is 0 Å². The number of aryl methyl sites for hydroxylation is 3. The topological polar surface area (TPSA) is 67.4 Å². The fourth-order valence-electron chi connectivity index (χ4n) is 1.54. The second kappa shape index (κ2) is 6.34. The van der Waals surface area contributed by atoms with Crippen LogP contribution >= 0.6 is 11.8 Å². The molecule has 0 saturated heterocycles. The zero-order chi connectivity index (χ0) is 12.8. The Morgan fingerprint density at radius 1 is 1.61 bits per heavy atom. The van der Waals surface area contributed by atoms with Crippen LogP contribution in [0.25, 0.3) is 0 Å². The molecule has 2 heterocycles. The first kappa shape index (κ1) is 12.8. The average Bonchev–Trinajstić information content (AvgIpc) is 2.98. The van der Waals surface area contributed by atoms with Crippen molar-refractivity contribution in [2.75, 3.05) is 5.75 Å². The van der Waals surface area contributed by atoms with Gasteiger partial charge in [-0.3, -0.25) is 4.79 Å². The third kappa shape index (κ3) is 3.99. The van der Waals surface area contributed by atoms with Gasteiger partial charge >= 0.3 is 0 Å². The van der Waals surface area contributed by atoms with Crippen LogP contribution < -0.4 is 4.57 Å². The standard InChI is InChI=1S/C11H16N5OS/c1-15-5-6-16(9-15)4-2-11(17)18-7-3-10-8-12-14-13-10/h5-6,8-9H,2-4,7H2,1H3,(H,12,13,14)/q+1. The van der Waals surface area contributed by atoms with E-state index < -0.39 is 0 Å². The minimum absolute atomic E-state index is 0.217. The van der Waals surface area contributed by atoms with Crippen LogP contribution in [0, 0.1) is 0 Å². The highest BCUT2D eigenvalue weighted by Gasteiger charge is 2.07. The number of carbonyl (C=O) groups is 1. The molecule has 0 atom stereocenters.